The maximum atomic E-state index is 5.83. The van der Waals surface area contributed by atoms with Gasteiger partial charge in [-0.3, -0.25) is 0 Å². The third kappa shape index (κ3) is 3.67. The first-order chi connectivity index (χ1) is 8.85. The maximum Gasteiger partial charge on any atom is 0.0986 e. The minimum Gasteiger partial charge on any atom is -0.377 e. The number of nitrogens with one attached hydrogen (secondary N) is 1. The van der Waals surface area contributed by atoms with Gasteiger partial charge in [0.25, 0.3) is 0 Å². The van der Waals surface area contributed by atoms with Crippen LogP contribution >= 0.6 is 0 Å². The minimum atomic E-state index is 0.205. The van der Waals surface area contributed by atoms with E-state index < -0.39 is 0 Å². The number of hydrogen-bond acceptors (Lipinski definition) is 4. The Hall–Kier alpha value is -0.160. The van der Waals surface area contributed by atoms with Crippen molar-refractivity contribution in [3.63, 3.8) is 0 Å². The van der Waals surface area contributed by atoms with Gasteiger partial charge in [0.2, 0.25) is 0 Å². The summed E-state index contributed by atoms with van der Waals surface area (Å²) in [6.07, 6.45) is 7.21. The Morgan fingerprint density at radius 1 is 1.17 bits per heavy atom. The molecular formula is C14H27NO3. The fourth-order valence-corrected chi connectivity index (χ4v) is 3.00. The lowest BCUT2D eigenvalue weighted by Gasteiger charge is -2.43. The Morgan fingerprint density at radius 3 is 2.61 bits per heavy atom. The lowest BCUT2D eigenvalue weighted by molar-refractivity contribution is -0.132. The third-order valence-corrected chi connectivity index (χ3v) is 4.07. The molecule has 0 aliphatic heterocycles. The van der Waals surface area contributed by atoms with Crippen molar-refractivity contribution in [1.82, 2.24) is 5.32 Å². The molecule has 18 heavy (non-hydrogen) atoms. The molecule has 0 saturated heterocycles. The Labute approximate surface area is 110 Å². The van der Waals surface area contributed by atoms with Gasteiger partial charge in [-0.1, -0.05) is 12.8 Å². The Kier molecular flexibility index (Phi) is 5.89. The Morgan fingerprint density at radius 2 is 1.94 bits per heavy atom. The van der Waals surface area contributed by atoms with Crippen LogP contribution in [-0.2, 0) is 14.2 Å². The van der Waals surface area contributed by atoms with Gasteiger partial charge in [-0.25, -0.2) is 0 Å². The van der Waals surface area contributed by atoms with Gasteiger partial charge >= 0.3 is 0 Å². The van der Waals surface area contributed by atoms with Crippen LogP contribution in [0.5, 0.6) is 0 Å². The average Bonchev–Trinajstić information content (AvgIpc) is 2.85. The molecule has 0 aromatic carbocycles. The highest BCUT2D eigenvalue weighted by Gasteiger charge is 2.41. The topological polar surface area (TPSA) is 39.7 Å². The zero-order valence-electron chi connectivity index (χ0n) is 11.7. The molecule has 4 heteroatoms. The van der Waals surface area contributed by atoms with Gasteiger partial charge in [-0.15, -0.1) is 0 Å². The van der Waals surface area contributed by atoms with Gasteiger partial charge in [0.1, 0.15) is 0 Å². The van der Waals surface area contributed by atoms with Crippen LogP contribution in [0.15, 0.2) is 0 Å². The van der Waals surface area contributed by atoms with E-state index in [2.05, 4.69) is 5.32 Å². The van der Waals surface area contributed by atoms with E-state index in [4.69, 9.17) is 14.2 Å². The molecule has 3 atom stereocenters. The highest BCUT2D eigenvalue weighted by Crippen LogP contribution is 2.26. The monoisotopic (exact) mass is 257 g/mol. The molecule has 0 heterocycles. The largest absolute Gasteiger partial charge is 0.377 e. The first kappa shape index (κ1) is 14.3. The predicted molar refractivity (Wildman–Crippen MR) is 70.8 cm³/mol. The predicted octanol–water partition coefficient (Wildman–Crippen LogP) is 1.73. The van der Waals surface area contributed by atoms with Crippen molar-refractivity contribution >= 4 is 0 Å². The molecule has 2 aliphatic carbocycles. The van der Waals surface area contributed by atoms with Crippen LogP contribution in [0.3, 0.4) is 0 Å². The van der Waals surface area contributed by atoms with Crippen molar-refractivity contribution in [2.75, 3.05) is 26.9 Å². The summed E-state index contributed by atoms with van der Waals surface area (Å²) in [6, 6.07) is 0.429. The van der Waals surface area contributed by atoms with Crippen molar-refractivity contribution in [2.24, 2.45) is 0 Å². The first-order valence-electron chi connectivity index (χ1n) is 7.34. The molecule has 2 fully saturated rings. The zero-order chi connectivity index (χ0) is 12.8. The molecule has 106 valence electrons. The Balaban J connectivity index is 1.54. The van der Waals surface area contributed by atoms with Crippen molar-refractivity contribution in [3.05, 3.63) is 0 Å². The SMILES string of the molecule is CCOC1CC(NCCOC2CCCC2)C1OC. The fourth-order valence-electron chi connectivity index (χ4n) is 3.00. The summed E-state index contributed by atoms with van der Waals surface area (Å²) in [7, 11) is 1.76. The molecule has 2 aliphatic rings. The van der Waals surface area contributed by atoms with Gasteiger partial charge in [-0.05, 0) is 26.2 Å². The van der Waals surface area contributed by atoms with E-state index in [0.29, 0.717) is 12.1 Å². The standard InChI is InChI=1S/C14H27NO3/c1-3-17-13-10-12(14(13)16-2)15-8-9-18-11-6-4-5-7-11/h11-15H,3-10H2,1-2H3. The molecule has 2 saturated carbocycles. The van der Waals surface area contributed by atoms with Crippen molar-refractivity contribution in [1.29, 1.82) is 0 Å². The third-order valence-electron chi connectivity index (χ3n) is 4.07. The second-order valence-corrected chi connectivity index (χ2v) is 5.27. The van der Waals surface area contributed by atoms with Gasteiger partial charge in [0.15, 0.2) is 0 Å². The van der Waals surface area contributed by atoms with Crippen LogP contribution in [0, 0.1) is 0 Å². The van der Waals surface area contributed by atoms with E-state index >= 15 is 0 Å². The molecular weight excluding hydrogens is 230 g/mol. The van der Waals surface area contributed by atoms with Crippen LogP contribution in [0.25, 0.3) is 0 Å². The van der Waals surface area contributed by atoms with E-state index in [1.54, 1.807) is 7.11 Å². The number of rotatable bonds is 8. The number of hydrogen-bond donors (Lipinski definition) is 1. The van der Waals surface area contributed by atoms with Gasteiger partial charge < -0.3 is 19.5 Å². The summed E-state index contributed by atoms with van der Waals surface area (Å²) in [5.41, 5.74) is 0. The average molecular weight is 257 g/mol. The smallest absolute Gasteiger partial charge is 0.0986 e. The van der Waals surface area contributed by atoms with Gasteiger partial charge in [0, 0.05) is 26.3 Å². The summed E-state index contributed by atoms with van der Waals surface area (Å²) in [5, 5.41) is 3.50. The molecule has 0 radical (unpaired) electrons. The fraction of sp³-hybridized carbons (Fsp3) is 1.00. The maximum absolute atomic E-state index is 5.83. The van der Waals surface area contributed by atoms with Crippen LogP contribution in [0.1, 0.15) is 39.0 Å². The summed E-state index contributed by atoms with van der Waals surface area (Å²) >= 11 is 0. The summed E-state index contributed by atoms with van der Waals surface area (Å²) in [4.78, 5) is 0. The molecule has 0 spiro atoms. The molecule has 3 unspecified atom stereocenters. The molecule has 1 N–H and O–H groups in total. The zero-order valence-corrected chi connectivity index (χ0v) is 11.7. The van der Waals surface area contributed by atoms with Crippen molar-refractivity contribution in [2.45, 2.75) is 63.4 Å². The lowest BCUT2D eigenvalue weighted by atomic mass is 9.85. The molecule has 0 bridgehead atoms. The number of ether oxygens (including phenoxy) is 3. The van der Waals surface area contributed by atoms with E-state index in [9.17, 15) is 0 Å². The summed E-state index contributed by atoms with van der Waals surface area (Å²) < 4.78 is 16.9. The molecule has 0 aromatic rings. The quantitative estimate of drug-likeness (QED) is 0.672. The van der Waals surface area contributed by atoms with Gasteiger partial charge in [0.05, 0.1) is 24.9 Å². The van der Waals surface area contributed by atoms with E-state index in [0.717, 1.165) is 26.2 Å². The second-order valence-electron chi connectivity index (χ2n) is 5.27. The molecule has 2 rings (SSSR count). The highest BCUT2D eigenvalue weighted by molar-refractivity contribution is 4.96. The van der Waals surface area contributed by atoms with Crippen molar-refractivity contribution in [3.8, 4) is 0 Å². The highest BCUT2D eigenvalue weighted by atomic mass is 16.5. The second kappa shape index (κ2) is 7.43. The molecule has 0 aromatic heterocycles. The van der Waals surface area contributed by atoms with E-state index in [-0.39, 0.29) is 12.2 Å². The lowest BCUT2D eigenvalue weighted by Crippen LogP contribution is -2.60. The Bertz CT molecular complexity index is 231. The summed E-state index contributed by atoms with van der Waals surface area (Å²) in [6.45, 7) is 4.53. The van der Waals surface area contributed by atoms with Crippen LogP contribution < -0.4 is 5.32 Å². The van der Waals surface area contributed by atoms with E-state index in [1.165, 1.54) is 25.7 Å². The normalized spacial score (nSPS) is 32.7. The van der Waals surface area contributed by atoms with Crippen LogP contribution in [0.4, 0.5) is 0 Å². The minimum absolute atomic E-state index is 0.205. The molecule has 4 nitrogen and oxygen atoms in total. The van der Waals surface area contributed by atoms with Crippen molar-refractivity contribution < 1.29 is 14.2 Å². The number of methoxy groups -OCH3 is 1. The molecule has 0 amide bonds. The van der Waals surface area contributed by atoms with Crippen LogP contribution in [0.2, 0.25) is 0 Å². The first-order valence-corrected chi connectivity index (χ1v) is 7.34. The van der Waals surface area contributed by atoms with E-state index in [1.807, 2.05) is 6.92 Å². The van der Waals surface area contributed by atoms with Crippen LogP contribution in [-0.4, -0.2) is 51.2 Å². The summed E-state index contributed by atoms with van der Waals surface area (Å²) in [5.74, 6) is 0. The van der Waals surface area contributed by atoms with Gasteiger partial charge in [-0.2, -0.15) is 0 Å².